The molecule has 2 fully saturated rings. The van der Waals surface area contributed by atoms with Gasteiger partial charge in [-0.1, -0.05) is 5.57 Å². The summed E-state index contributed by atoms with van der Waals surface area (Å²) in [4.78, 5) is 11.7. The maximum absolute atomic E-state index is 11.7. The molecule has 0 saturated heterocycles. The minimum absolute atomic E-state index is 0.375. The lowest BCUT2D eigenvalue weighted by Gasteiger charge is -2.19. The Hall–Kier alpha value is -0.590. The molecule has 0 radical (unpaired) electrons. The van der Waals surface area contributed by atoms with Crippen molar-refractivity contribution in [3.8, 4) is 0 Å². The Kier molecular flexibility index (Phi) is 2.27. The molecular weight excluding hydrogens is 160 g/mol. The lowest BCUT2D eigenvalue weighted by molar-refractivity contribution is -0.126. The van der Waals surface area contributed by atoms with E-state index in [1.165, 1.54) is 18.4 Å². The molecule has 0 aromatic carbocycles. The minimum atomic E-state index is 0.375. The summed E-state index contributed by atoms with van der Waals surface area (Å²) in [5.41, 5.74) is 1.21. The molecule has 0 heterocycles. The van der Waals surface area contributed by atoms with Crippen LogP contribution in [-0.2, 0) is 4.79 Å². The first-order chi connectivity index (χ1) is 6.18. The summed E-state index contributed by atoms with van der Waals surface area (Å²) >= 11 is 0. The van der Waals surface area contributed by atoms with Crippen LogP contribution in [0.5, 0.6) is 0 Å². The predicted molar refractivity (Wildman–Crippen MR) is 53.4 cm³/mol. The molecule has 72 valence electrons. The van der Waals surface area contributed by atoms with Crippen LogP contribution in [0.1, 0.15) is 39.0 Å². The van der Waals surface area contributed by atoms with Gasteiger partial charge in [-0.15, -0.1) is 6.58 Å². The van der Waals surface area contributed by atoms with Gasteiger partial charge in [0.2, 0.25) is 0 Å². The smallest absolute Gasteiger partial charge is 0.139 e. The highest BCUT2D eigenvalue weighted by Gasteiger charge is 2.48. The number of fused-ring (bicyclic) bond motifs is 1. The molecule has 13 heavy (non-hydrogen) atoms. The Labute approximate surface area is 80.2 Å². The topological polar surface area (TPSA) is 17.1 Å². The summed E-state index contributed by atoms with van der Waals surface area (Å²) in [6.07, 6.45) is 5.73. The van der Waals surface area contributed by atoms with E-state index in [4.69, 9.17) is 0 Å². The van der Waals surface area contributed by atoms with E-state index < -0.39 is 0 Å². The summed E-state index contributed by atoms with van der Waals surface area (Å²) in [6, 6.07) is 0. The fourth-order valence-corrected chi connectivity index (χ4v) is 2.48. The van der Waals surface area contributed by atoms with Crippen LogP contribution in [0.15, 0.2) is 12.2 Å². The SMILES string of the molecule is C=C(C)CC[C@H]1CC[C@@H]2C[C@@H]2C1=O. The van der Waals surface area contributed by atoms with Crippen molar-refractivity contribution in [1.29, 1.82) is 0 Å². The van der Waals surface area contributed by atoms with Crippen LogP contribution >= 0.6 is 0 Å². The molecule has 0 unspecified atom stereocenters. The van der Waals surface area contributed by atoms with Crippen molar-refractivity contribution in [3.63, 3.8) is 0 Å². The Morgan fingerprint density at radius 2 is 2.31 bits per heavy atom. The maximum Gasteiger partial charge on any atom is 0.139 e. The van der Waals surface area contributed by atoms with E-state index in [1.54, 1.807) is 0 Å². The molecule has 2 saturated carbocycles. The van der Waals surface area contributed by atoms with Crippen molar-refractivity contribution in [2.24, 2.45) is 17.8 Å². The third-order valence-corrected chi connectivity index (χ3v) is 3.50. The van der Waals surface area contributed by atoms with Crippen molar-refractivity contribution >= 4 is 5.78 Å². The standard InChI is InChI=1S/C12H18O/c1-8(2)3-4-9-5-6-10-7-11(10)12(9)13/h9-11H,1,3-7H2,2H3/t9-,10+,11-/m0/s1. The zero-order valence-corrected chi connectivity index (χ0v) is 8.38. The highest BCUT2D eigenvalue weighted by molar-refractivity contribution is 5.86. The minimum Gasteiger partial charge on any atom is -0.299 e. The average molecular weight is 178 g/mol. The van der Waals surface area contributed by atoms with E-state index >= 15 is 0 Å². The summed E-state index contributed by atoms with van der Waals surface area (Å²) in [5.74, 6) is 2.20. The third-order valence-electron chi connectivity index (χ3n) is 3.50. The number of rotatable bonds is 3. The van der Waals surface area contributed by atoms with E-state index in [0.717, 1.165) is 25.2 Å². The zero-order chi connectivity index (χ0) is 9.42. The monoisotopic (exact) mass is 178 g/mol. The molecule has 1 nitrogen and oxygen atoms in total. The van der Waals surface area contributed by atoms with E-state index in [0.29, 0.717) is 17.6 Å². The molecular formula is C12H18O. The second kappa shape index (κ2) is 3.28. The van der Waals surface area contributed by atoms with Gasteiger partial charge < -0.3 is 0 Å². The summed E-state index contributed by atoms with van der Waals surface area (Å²) in [6.45, 7) is 5.93. The quantitative estimate of drug-likeness (QED) is 0.607. The van der Waals surface area contributed by atoms with Gasteiger partial charge in [0, 0.05) is 11.8 Å². The summed E-state index contributed by atoms with van der Waals surface area (Å²) in [5, 5.41) is 0. The second-order valence-electron chi connectivity index (χ2n) is 4.77. The van der Waals surface area contributed by atoms with Crippen molar-refractivity contribution in [3.05, 3.63) is 12.2 Å². The predicted octanol–water partition coefficient (Wildman–Crippen LogP) is 2.96. The van der Waals surface area contributed by atoms with Gasteiger partial charge in [-0.3, -0.25) is 4.79 Å². The third kappa shape index (κ3) is 1.84. The number of carbonyl (C=O) groups excluding carboxylic acids is 1. The summed E-state index contributed by atoms with van der Waals surface area (Å²) < 4.78 is 0. The molecule has 0 bridgehead atoms. The second-order valence-corrected chi connectivity index (χ2v) is 4.77. The van der Waals surface area contributed by atoms with Crippen LogP contribution in [0, 0.1) is 17.8 Å². The molecule has 0 N–H and O–H groups in total. The van der Waals surface area contributed by atoms with Gasteiger partial charge in [-0.2, -0.15) is 0 Å². The van der Waals surface area contributed by atoms with Crippen LogP contribution in [0.4, 0.5) is 0 Å². The van der Waals surface area contributed by atoms with Crippen molar-refractivity contribution in [2.45, 2.75) is 39.0 Å². The van der Waals surface area contributed by atoms with E-state index in [-0.39, 0.29) is 0 Å². The van der Waals surface area contributed by atoms with Crippen LogP contribution in [-0.4, -0.2) is 5.78 Å². The van der Waals surface area contributed by atoms with Crippen LogP contribution in [0.3, 0.4) is 0 Å². The number of Topliss-reactive ketones (excluding diaryl/α,β-unsaturated/α-hetero) is 1. The average Bonchev–Trinajstić information content (AvgIpc) is 2.82. The van der Waals surface area contributed by atoms with E-state index in [9.17, 15) is 4.79 Å². The molecule has 0 aliphatic heterocycles. The first-order valence-corrected chi connectivity index (χ1v) is 5.36. The largest absolute Gasteiger partial charge is 0.299 e. The fourth-order valence-electron chi connectivity index (χ4n) is 2.48. The molecule has 2 rings (SSSR count). The Morgan fingerprint density at radius 3 is 3.00 bits per heavy atom. The van der Waals surface area contributed by atoms with Crippen molar-refractivity contribution in [2.75, 3.05) is 0 Å². The molecule has 1 heteroatoms. The van der Waals surface area contributed by atoms with Crippen LogP contribution in [0.2, 0.25) is 0 Å². The van der Waals surface area contributed by atoms with Crippen molar-refractivity contribution < 1.29 is 4.79 Å². The van der Waals surface area contributed by atoms with Gasteiger partial charge in [-0.25, -0.2) is 0 Å². The number of allylic oxidation sites excluding steroid dienone is 1. The number of carbonyl (C=O) groups is 1. The van der Waals surface area contributed by atoms with Gasteiger partial charge in [0.25, 0.3) is 0 Å². The fraction of sp³-hybridized carbons (Fsp3) is 0.750. The highest BCUT2D eigenvalue weighted by Crippen LogP contribution is 2.50. The lowest BCUT2D eigenvalue weighted by atomic mass is 9.84. The molecule has 2 aliphatic carbocycles. The Balaban J connectivity index is 1.85. The number of hydrogen-bond donors (Lipinski definition) is 0. The Bertz CT molecular complexity index is 242. The van der Waals surface area contributed by atoms with Crippen LogP contribution < -0.4 is 0 Å². The molecule has 0 amide bonds. The Morgan fingerprint density at radius 1 is 1.54 bits per heavy atom. The highest BCUT2D eigenvalue weighted by atomic mass is 16.1. The van der Waals surface area contributed by atoms with Gasteiger partial charge in [0.05, 0.1) is 0 Å². The molecule has 2 aliphatic rings. The zero-order valence-electron chi connectivity index (χ0n) is 8.38. The first kappa shape index (κ1) is 8.98. The van der Waals surface area contributed by atoms with E-state index in [1.807, 2.05) is 6.92 Å². The molecule has 0 aromatic heterocycles. The normalized spacial score (nSPS) is 37.0. The van der Waals surface area contributed by atoms with Crippen molar-refractivity contribution in [1.82, 2.24) is 0 Å². The van der Waals surface area contributed by atoms with Crippen LogP contribution in [0.25, 0.3) is 0 Å². The van der Waals surface area contributed by atoms with Gasteiger partial charge in [-0.05, 0) is 44.9 Å². The van der Waals surface area contributed by atoms with Gasteiger partial charge in [0.15, 0.2) is 0 Å². The van der Waals surface area contributed by atoms with Gasteiger partial charge in [0.1, 0.15) is 5.78 Å². The molecule has 0 aromatic rings. The van der Waals surface area contributed by atoms with E-state index in [2.05, 4.69) is 6.58 Å². The lowest BCUT2D eigenvalue weighted by Crippen LogP contribution is -2.21. The van der Waals surface area contributed by atoms with Gasteiger partial charge >= 0.3 is 0 Å². The maximum atomic E-state index is 11.7. The number of hydrogen-bond acceptors (Lipinski definition) is 1. The molecule has 3 atom stereocenters. The summed E-state index contributed by atoms with van der Waals surface area (Å²) in [7, 11) is 0. The first-order valence-electron chi connectivity index (χ1n) is 5.36. The molecule has 0 spiro atoms. The number of ketones is 1.